The van der Waals surface area contributed by atoms with Crippen LogP contribution in [0.4, 0.5) is 5.13 Å². The molecule has 132 valence electrons. The van der Waals surface area contributed by atoms with E-state index < -0.39 is 5.97 Å². The number of aromatic nitrogens is 3. The quantitative estimate of drug-likeness (QED) is 0.840. The molecule has 25 heavy (non-hydrogen) atoms. The minimum Gasteiger partial charge on any atom is -0.476 e. The number of carbonyl (C=O) groups excluding carboxylic acids is 1. The second kappa shape index (κ2) is 6.14. The van der Waals surface area contributed by atoms with E-state index in [2.05, 4.69) is 15.4 Å². The molecule has 0 aromatic carbocycles. The molecule has 0 bridgehead atoms. The number of carbonyl (C=O) groups is 2. The van der Waals surface area contributed by atoms with Gasteiger partial charge in [0.1, 0.15) is 5.69 Å². The molecule has 0 spiro atoms. The molecule has 1 aliphatic carbocycles. The molecule has 3 heterocycles. The van der Waals surface area contributed by atoms with E-state index in [0.717, 1.165) is 12.2 Å². The molecular weight excluding hydrogens is 342 g/mol. The van der Waals surface area contributed by atoms with E-state index in [1.54, 1.807) is 17.3 Å². The minimum absolute atomic E-state index is 0.0716. The van der Waals surface area contributed by atoms with Crippen LogP contribution in [0.15, 0.2) is 5.38 Å². The molecule has 1 saturated carbocycles. The number of anilines is 1. The molecule has 8 nitrogen and oxygen atoms in total. The predicted molar refractivity (Wildman–Crippen MR) is 92.0 cm³/mol. The number of rotatable bonds is 5. The molecule has 2 aliphatic rings. The van der Waals surface area contributed by atoms with Crippen LogP contribution < -0.4 is 5.32 Å². The van der Waals surface area contributed by atoms with Crippen molar-refractivity contribution in [1.29, 1.82) is 0 Å². The van der Waals surface area contributed by atoms with Gasteiger partial charge >= 0.3 is 5.97 Å². The zero-order valence-corrected chi connectivity index (χ0v) is 14.7. The number of hydrogen-bond acceptors (Lipinski definition) is 6. The lowest BCUT2D eigenvalue weighted by Gasteiger charge is -2.27. The first-order chi connectivity index (χ1) is 12.1. The Hall–Kier alpha value is -2.42. The van der Waals surface area contributed by atoms with Gasteiger partial charge in [0.2, 0.25) is 0 Å². The number of fused-ring (bicyclic) bond motifs is 1. The van der Waals surface area contributed by atoms with Crippen molar-refractivity contribution in [1.82, 2.24) is 19.7 Å². The smallest absolute Gasteiger partial charge is 0.356 e. The van der Waals surface area contributed by atoms with Gasteiger partial charge in [-0.1, -0.05) is 0 Å². The van der Waals surface area contributed by atoms with Crippen LogP contribution in [-0.2, 0) is 19.5 Å². The standard InChI is InChI=1S/C16H19N5O3S/c1-17-16-18-11(8-25-16)14(22)20-5-4-12-10(7-20)13(15(23)24)19-21(12)6-9-2-3-9/h8-9H,2-7H2,1H3,(H,17,18)(H,23,24). The molecule has 1 aliphatic heterocycles. The highest BCUT2D eigenvalue weighted by Crippen LogP contribution is 2.33. The van der Waals surface area contributed by atoms with Crippen LogP contribution in [0.5, 0.6) is 0 Å². The number of nitrogens with one attached hydrogen (secondary N) is 1. The van der Waals surface area contributed by atoms with Crippen LogP contribution in [0.2, 0.25) is 0 Å². The summed E-state index contributed by atoms with van der Waals surface area (Å²) in [6.45, 7) is 1.60. The normalized spacial score (nSPS) is 16.6. The third-order valence-electron chi connectivity index (χ3n) is 4.69. The van der Waals surface area contributed by atoms with Gasteiger partial charge in [-0.15, -0.1) is 11.3 Å². The molecule has 1 fully saturated rings. The maximum atomic E-state index is 12.7. The molecule has 2 aromatic heterocycles. The maximum absolute atomic E-state index is 12.7. The molecular formula is C16H19N5O3S. The number of nitrogens with zero attached hydrogens (tertiary/aromatic N) is 4. The van der Waals surface area contributed by atoms with Crippen LogP contribution in [0.3, 0.4) is 0 Å². The fourth-order valence-corrected chi connectivity index (χ4v) is 3.83. The highest BCUT2D eigenvalue weighted by atomic mass is 32.1. The largest absolute Gasteiger partial charge is 0.476 e. The highest BCUT2D eigenvalue weighted by molar-refractivity contribution is 7.13. The van der Waals surface area contributed by atoms with Crippen molar-refractivity contribution in [3.8, 4) is 0 Å². The molecule has 0 radical (unpaired) electrons. The van der Waals surface area contributed by atoms with E-state index in [1.807, 2.05) is 4.68 Å². The van der Waals surface area contributed by atoms with Crippen LogP contribution in [0, 0.1) is 5.92 Å². The summed E-state index contributed by atoms with van der Waals surface area (Å²) in [7, 11) is 1.76. The average molecular weight is 361 g/mol. The number of aromatic carboxylic acids is 1. The van der Waals surface area contributed by atoms with Crippen molar-refractivity contribution < 1.29 is 14.7 Å². The third kappa shape index (κ3) is 2.99. The number of hydrogen-bond donors (Lipinski definition) is 2. The minimum atomic E-state index is -1.04. The average Bonchev–Trinajstić information content (AvgIpc) is 3.17. The van der Waals surface area contributed by atoms with Crippen molar-refractivity contribution in [2.75, 3.05) is 18.9 Å². The molecule has 0 saturated heterocycles. The SMILES string of the molecule is CNc1nc(C(=O)N2CCc3c(c(C(=O)O)nn3CC3CC3)C2)cs1. The van der Waals surface area contributed by atoms with Crippen LogP contribution in [0.25, 0.3) is 0 Å². The Morgan fingerprint density at radius 3 is 2.88 bits per heavy atom. The molecule has 0 unspecified atom stereocenters. The summed E-state index contributed by atoms with van der Waals surface area (Å²) in [6, 6.07) is 0. The first-order valence-corrected chi connectivity index (χ1v) is 9.19. The summed E-state index contributed by atoms with van der Waals surface area (Å²) in [6.07, 6.45) is 2.98. The molecule has 4 rings (SSSR count). The number of amides is 1. The summed E-state index contributed by atoms with van der Waals surface area (Å²) in [5, 5.41) is 19.1. The van der Waals surface area contributed by atoms with Gasteiger partial charge in [-0.3, -0.25) is 9.48 Å². The van der Waals surface area contributed by atoms with Gasteiger partial charge in [0, 0.05) is 43.2 Å². The Kier molecular flexibility index (Phi) is 3.95. The second-order valence-corrected chi connectivity index (χ2v) is 7.33. The van der Waals surface area contributed by atoms with Crippen molar-refractivity contribution in [3.63, 3.8) is 0 Å². The predicted octanol–water partition coefficient (Wildman–Crippen LogP) is 1.69. The Labute approximate surface area is 148 Å². The van der Waals surface area contributed by atoms with Gasteiger partial charge < -0.3 is 15.3 Å². The Morgan fingerprint density at radius 1 is 1.44 bits per heavy atom. The highest BCUT2D eigenvalue weighted by Gasteiger charge is 2.32. The van der Waals surface area contributed by atoms with E-state index in [-0.39, 0.29) is 18.1 Å². The fraction of sp³-hybridized carbons (Fsp3) is 0.500. The van der Waals surface area contributed by atoms with Gasteiger partial charge in [0.15, 0.2) is 10.8 Å². The van der Waals surface area contributed by atoms with Gasteiger partial charge in [-0.25, -0.2) is 9.78 Å². The van der Waals surface area contributed by atoms with Crippen LogP contribution >= 0.6 is 11.3 Å². The third-order valence-corrected chi connectivity index (χ3v) is 5.55. The topological polar surface area (TPSA) is 100 Å². The Balaban J connectivity index is 1.60. The van der Waals surface area contributed by atoms with E-state index in [0.29, 0.717) is 35.3 Å². The summed E-state index contributed by atoms with van der Waals surface area (Å²) < 4.78 is 1.85. The van der Waals surface area contributed by atoms with Gasteiger partial charge in [-0.05, 0) is 18.8 Å². The monoisotopic (exact) mass is 361 g/mol. The molecule has 0 atom stereocenters. The maximum Gasteiger partial charge on any atom is 0.356 e. The molecule has 9 heteroatoms. The van der Waals surface area contributed by atoms with Gasteiger partial charge in [-0.2, -0.15) is 5.10 Å². The van der Waals surface area contributed by atoms with Crippen LogP contribution in [0.1, 0.15) is 45.1 Å². The molecule has 1 amide bonds. The molecule has 2 aromatic rings. The first-order valence-electron chi connectivity index (χ1n) is 8.31. The number of carboxylic acids is 1. The number of carboxylic acid groups (broad SMARTS) is 1. The van der Waals surface area contributed by atoms with Crippen molar-refractivity contribution in [3.05, 3.63) is 28.0 Å². The zero-order valence-electron chi connectivity index (χ0n) is 13.9. The fourth-order valence-electron chi connectivity index (χ4n) is 3.18. The summed E-state index contributed by atoms with van der Waals surface area (Å²) in [4.78, 5) is 30.2. The van der Waals surface area contributed by atoms with E-state index in [9.17, 15) is 14.7 Å². The van der Waals surface area contributed by atoms with Crippen molar-refractivity contribution >= 4 is 28.3 Å². The summed E-state index contributed by atoms with van der Waals surface area (Å²) in [5.74, 6) is -0.596. The van der Waals surface area contributed by atoms with Crippen molar-refractivity contribution in [2.24, 2.45) is 5.92 Å². The zero-order chi connectivity index (χ0) is 17.6. The van der Waals surface area contributed by atoms with Gasteiger partial charge in [0.05, 0.1) is 6.54 Å². The van der Waals surface area contributed by atoms with Crippen molar-refractivity contribution in [2.45, 2.75) is 32.4 Å². The lowest BCUT2D eigenvalue weighted by atomic mass is 10.0. The van der Waals surface area contributed by atoms with E-state index in [4.69, 9.17) is 0 Å². The van der Waals surface area contributed by atoms with E-state index in [1.165, 1.54) is 24.2 Å². The Morgan fingerprint density at radius 2 is 2.24 bits per heavy atom. The van der Waals surface area contributed by atoms with E-state index >= 15 is 0 Å². The first kappa shape index (κ1) is 16.1. The van der Waals surface area contributed by atoms with Gasteiger partial charge in [0.25, 0.3) is 5.91 Å². The second-order valence-electron chi connectivity index (χ2n) is 6.47. The number of thiazole rings is 1. The van der Waals surface area contributed by atoms with Crippen LogP contribution in [-0.4, -0.2) is 50.2 Å². The lowest BCUT2D eigenvalue weighted by Crippen LogP contribution is -2.37. The molecule has 2 N–H and O–H groups in total. The summed E-state index contributed by atoms with van der Waals surface area (Å²) >= 11 is 1.37. The lowest BCUT2D eigenvalue weighted by molar-refractivity contribution is 0.0673. The Bertz CT molecular complexity index is 839. The summed E-state index contributed by atoms with van der Waals surface area (Å²) in [5.41, 5.74) is 2.08.